The van der Waals surface area contributed by atoms with Gasteiger partial charge in [-0.1, -0.05) is 23.7 Å². The van der Waals surface area contributed by atoms with E-state index in [9.17, 15) is 4.79 Å². The van der Waals surface area contributed by atoms with Gasteiger partial charge in [0.25, 0.3) is 0 Å². The van der Waals surface area contributed by atoms with Crippen LogP contribution in [-0.2, 0) is 4.79 Å². The number of piperidine rings is 1. The zero-order valence-corrected chi connectivity index (χ0v) is 8.55. The summed E-state index contributed by atoms with van der Waals surface area (Å²) in [6.07, 6.45) is 1.63. The molecule has 2 nitrogen and oxygen atoms in total. The number of carbonyl (C=O) groups is 1. The molecule has 0 amide bonds. The van der Waals surface area contributed by atoms with Crippen LogP contribution in [0, 0.1) is 0 Å². The maximum Gasteiger partial charge on any atom is 0.154 e. The van der Waals surface area contributed by atoms with E-state index in [1.807, 2.05) is 24.3 Å². The van der Waals surface area contributed by atoms with Gasteiger partial charge in [-0.2, -0.15) is 0 Å². The highest BCUT2D eigenvalue weighted by Crippen LogP contribution is 2.21. The van der Waals surface area contributed by atoms with E-state index in [2.05, 4.69) is 5.32 Å². The molecule has 1 aliphatic rings. The minimum Gasteiger partial charge on any atom is -0.304 e. The Morgan fingerprint density at radius 3 is 2.64 bits per heavy atom. The van der Waals surface area contributed by atoms with Crippen molar-refractivity contribution in [2.45, 2.75) is 18.9 Å². The van der Waals surface area contributed by atoms with Gasteiger partial charge in [-0.3, -0.25) is 4.79 Å². The lowest BCUT2D eigenvalue weighted by Crippen LogP contribution is -2.34. The molecule has 0 spiro atoms. The molecule has 14 heavy (non-hydrogen) atoms. The van der Waals surface area contributed by atoms with Crippen LogP contribution >= 0.6 is 11.6 Å². The van der Waals surface area contributed by atoms with Crippen molar-refractivity contribution < 1.29 is 4.79 Å². The maximum atomic E-state index is 11.6. The third kappa shape index (κ3) is 1.97. The Labute approximate surface area is 88.3 Å². The van der Waals surface area contributed by atoms with E-state index < -0.39 is 0 Å². The molecule has 1 heterocycles. The molecule has 1 aromatic rings. The van der Waals surface area contributed by atoms with Crippen LogP contribution in [0.15, 0.2) is 24.3 Å². The summed E-state index contributed by atoms with van der Waals surface area (Å²) in [6.45, 7) is 0.916. The molecule has 0 bridgehead atoms. The van der Waals surface area contributed by atoms with Gasteiger partial charge in [0.2, 0.25) is 0 Å². The van der Waals surface area contributed by atoms with Crippen LogP contribution in [0.3, 0.4) is 0 Å². The number of hydrogen-bond donors (Lipinski definition) is 1. The van der Waals surface area contributed by atoms with Crippen molar-refractivity contribution in [2.75, 3.05) is 6.54 Å². The summed E-state index contributed by atoms with van der Waals surface area (Å²) in [4.78, 5) is 11.6. The molecule has 2 rings (SSSR count). The molecule has 1 atom stereocenters. The molecule has 3 heteroatoms. The van der Waals surface area contributed by atoms with Gasteiger partial charge in [0.05, 0.1) is 6.04 Å². The number of rotatable bonds is 1. The number of carbonyl (C=O) groups excluding carboxylic acids is 1. The molecule has 0 saturated carbocycles. The van der Waals surface area contributed by atoms with Crippen molar-refractivity contribution in [3.05, 3.63) is 34.9 Å². The zero-order chi connectivity index (χ0) is 9.97. The first-order valence-corrected chi connectivity index (χ1v) is 5.17. The topological polar surface area (TPSA) is 29.1 Å². The van der Waals surface area contributed by atoms with Gasteiger partial charge in [0, 0.05) is 11.4 Å². The molecule has 1 N–H and O–H groups in total. The second-order valence-corrected chi connectivity index (χ2v) is 3.94. The number of Topliss-reactive ketones (excluding diaryl/α,β-unsaturated/α-hetero) is 1. The van der Waals surface area contributed by atoms with Crippen molar-refractivity contribution in [1.82, 2.24) is 5.32 Å². The number of halogens is 1. The van der Waals surface area contributed by atoms with E-state index in [0.29, 0.717) is 11.4 Å². The highest BCUT2D eigenvalue weighted by atomic mass is 35.5. The van der Waals surface area contributed by atoms with E-state index in [0.717, 1.165) is 18.5 Å². The molecule has 1 fully saturated rings. The van der Waals surface area contributed by atoms with Crippen LogP contribution in [0.25, 0.3) is 0 Å². The predicted molar refractivity (Wildman–Crippen MR) is 56.4 cm³/mol. The number of nitrogens with one attached hydrogen (secondary N) is 1. The average Bonchev–Trinajstić information content (AvgIpc) is 2.20. The van der Waals surface area contributed by atoms with Crippen LogP contribution in [-0.4, -0.2) is 12.3 Å². The summed E-state index contributed by atoms with van der Waals surface area (Å²) in [6, 6.07) is 7.33. The lowest BCUT2D eigenvalue weighted by molar-refractivity contribution is -0.122. The lowest BCUT2D eigenvalue weighted by atomic mass is 9.96. The predicted octanol–water partition coefficient (Wildman–Crippen LogP) is 2.33. The summed E-state index contributed by atoms with van der Waals surface area (Å²) in [5.41, 5.74) is 1.01. The summed E-state index contributed by atoms with van der Waals surface area (Å²) in [5, 5.41) is 3.92. The molecule has 0 aromatic heterocycles. The van der Waals surface area contributed by atoms with Gasteiger partial charge >= 0.3 is 0 Å². The Hall–Kier alpha value is -0.860. The molecule has 0 radical (unpaired) electrons. The first-order chi connectivity index (χ1) is 6.77. The molecular formula is C11H12ClNO. The van der Waals surface area contributed by atoms with Crippen molar-refractivity contribution in [2.24, 2.45) is 0 Å². The molecular weight excluding hydrogens is 198 g/mol. The minimum absolute atomic E-state index is 0.124. The Bertz CT molecular complexity index is 334. The fourth-order valence-electron chi connectivity index (χ4n) is 1.73. The average molecular weight is 210 g/mol. The van der Waals surface area contributed by atoms with Crippen molar-refractivity contribution >= 4 is 17.4 Å². The van der Waals surface area contributed by atoms with Crippen LogP contribution in [0.4, 0.5) is 0 Å². The van der Waals surface area contributed by atoms with Gasteiger partial charge in [-0.15, -0.1) is 0 Å². The van der Waals surface area contributed by atoms with E-state index in [1.54, 1.807) is 0 Å². The summed E-state index contributed by atoms with van der Waals surface area (Å²) < 4.78 is 0. The highest BCUT2D eigenvalue weighted by molar-refractivity contribution is 6.30. The van der Waals surface area contributed by atoms with Crippen LogP contribution in [0.5, 0.6) is 0 Å². The zero-order valence-electron chi connectivity index (χ0n) is 7.79. The molecule has 74 valence electrons. The minimum atomic E-state index is -0.124. The molecule has 1 unspecified atom stereocenters. The van der Waals surface area contributed by atoms with Crippen molar-refractivity contribution in [3.8, 4) is 0 Å². The fourth-order valence-corrected chi connectivity index (χ4v) is 1.85. The third-order valence-electron chi connectivity index (χ3n) is 2.47. The van der Waals surface area contributed by atoms with Gasteiger partial charge in [-0.05, 0) is 30.7 Å². The van der Waals surface area contributed by atoms with Crippen LogP contribution in [0.2, 0.25) is 5.02 Å². The summed E-state index contributed by atoms with van der Waals surface area (Å²) >= 11 is 5.78. The number of ketones is 1. The van der Waals surface area contributed by atoms with Gasteiger partial charge in [0.15, 0.2) is 5.78 Å². The monoisotopic (exact) mass is 209 g/mol. The Morgan fingerprint density at radius 2 is 2.00 bits per heavy atom. The van der Waals surface area contributed by atoms with Gasteiger partial charge in [-0.25, -0.2) is 0 Å². The summed E-state index contributed by atoms with van der Waals surface area (Å²) in [7, 11) is 0. The Balaban J connectivity index is 2.20. The number of benzene rings is 1. The van der Waals surface area contributed by atoms with E-state index >= 15 is 0 Å². The highest BCUT2D eigenvalue weighted by Gasteiger charge is 2.22. The fraction of sp³-hybridized carbons (Fsp3) is 0.364. The Kier molecular flexibility index (Phi) is 2.85. The van der Waals surface area contributed by atoms with Crippen molar-refractivity contribution in [3.63, 3.8) is 0 Å². The quantitative estimate of drug-likeness (QED) is 0.769. The van der Waals surface area contributed by atoms with E-state index in [1.165, 1.54) is 0 Å². The molecule has 1 saturated heterocycles. The normalized spacial score (nSPS) is 22.4. The molecule has 1 aliphatic heterocycles. The van der Waals surface area contributed by atoms with E-state index in [4.69, 9.17) is 11.6 Å². The Morgan fingerprint density at radius 1 is 1.29 bits per heavy atom. The van der Waals surface area contributed by atoms with Crippen molar-refractivity contribution in [1.29, 1.82) is 0 Å². The number of hydrogen-bond acceptors (Lipinski definition) is 2. The smallest absolute Gasteiger partial charge is 0.154 e. The van der Waals surface area contributed by atoms with Gasteiger partial charge < -0.3 is 5.32 Å². The maximum absolute atomic E-state index is 11.6. The summed E-state index contributed by atoms with van der Waals surface area (Å²) in [5.74, 6) is 0.276. The lowest BCUT2D eigenvalue weighted by Gasteiger charge is -2.22. The van der Waals surface area contributed by atoms with Gasteiger partial charge in [0.1, 0.15) is 0 Å². The first kappa shape index (κ1) is 9.69. The molecule has 1 aromatic carbocycles. The second kappa shape index (κ2) is 4.11. The van der Waals surface area contributed by atoms with Crippen LogP contribution in [0.1, 0.15) is 24.4 Å². The SMILES string of the molecule is O=C1CCCNC1c1ccc(Cl)cc1. The standard InChI is InChI=1S/C11H12ClNO/c12-9-5-3-8(4-6-9)11-10(14)2-1-7-13-11/h3-6,11,13H,1-2,7H2. The molecule has 0 aliphatic carbocycles. The second-order valence-electron chi connectivity index (χ2n) is 3.51. The first-order valence-electron chi connectivity index (χ1n) is 4.79. The largest absolute Gasteiger partial charge is 0.304 e. The third-order valence-corrected chi connectivity index (χ3v) is 2.73. The van der Waals surface area contributed by atoms with E-state index in [-0.39, 0.29) is 11.8 Å². The van der Waals surface area contributed by atoms with Crippen LogP contribution < -0.4 is 5.32 Å².